The van der Waals surface area contributed by atoms with Crippen molar-refractivity contribution in [2.45, 2.75) is 0 Å². The average molecular weight is 562 g/mol. The third kappa shape index (κ3) is 7.36. The zero-order chi connectivity index (χ0) is 26.2. The molecule has 0 aliphatic rings. The molecule has 0 heterocycles. The van der Waals surface area contributed by atoms with Gasteiger partial charge >= 0.3 is 0 Å². The smallest absolute Gasteiger partial charge is 0.115 e. The third-order valence-electron chi connectivity index (χ3n) is 5.00. The molecule has 0 aliphatic carbocycles. The van der Waals surface area contributed by atoms with E-state index in [1.165, 1.54) is 0 Å². The second kappa shape index (κ2) is 12.6. The Balaban J connectivity index is 0.000000201. The Morgan fingerprint density at radius 1 is 0.333 bits per heavy atom. The number of phenolic OH excluding ortho intramolecular Hbond substituents is 4. The predicted octanol–water partition coefficient (Wildman–Crippen LogP) is 8.58. The van der Waals surface area contributed by atoms with Gasteiger partial charge in [-0.25, -0.2) is 0 Å². The maximum absolute atomic E-state index is 9.27. The van der Waals surface area contributed by atoms with Crippen LogP contribution in [0.1, 0.15) is 22.3 Å². The molecule has 0 atom stereocenters. The topological polar surface area (TPSA) is 80.9 Å². The summed E-state index contributed by atoms with van der Waals surface area (Å²) in [6.07, 6.45) is 0. The number of hydrogen-bond acceptors (Lipinski definition) is 4. The van der Waals surface area contributed by atoms with E-state index in [-0.39, 0.29) is 32.0 Å². The fourth-order valence-electron chi connectivity index (χ4n) is 3.28. The zero-order valence-electron chi connectivity index (χ0n) is 18.5. The minimum Gasteiger partial charge on any atom is -0.508 e. The van der Waals surface area contributed by atoms with Crippen LogP contribution in [0.3, 0.4) is 0 Å². The number of phenols is 4. The molecule has 0 saturated heterocycles. The van der Waals surface area contributed by atoms with E-state index in [9.17, 15) is 20.4 Å². The van der Waals surface area contributed by atoms with Gasteiger partial charge in [0.05, 0.1) is 0 Å². The molecular formula is C28H20Cl4O4. The van der Waals surface area contributed by atoms with E-state index in [0.717, 1.165) is 22.3 Å². The van der Waals surface area contributed by atoms with E-state index in [1.54, 1.807) is 97.1 Å². The van der Waals surface area contributed by atoms with E-state index < -0.39 is 0 Å². The van der Waals surface area contributed by atoms with Crippen molar-refractivity contribution in [3.63, 3.8) is 0 Å². The van der Waals surface area contributed by atoms with Crippen molar-refractivity contribution in [1.82, 2.24) is 0 Å². The lowest BCUT2D eigenvalue weighted by molar-refractivity contribution is 0.474. The molecule has 0 amide bonds. The summed E-state index contributed by atoms with van der Waals surface area (Å²) in [7, 11) is 0. The first-order valence-electron chi connectivity index (χ1n) is 10.4. The maximum atomic E-state index is 9.27. The molecule has 0 aromatic heterocycles. The van der Waals surface area contributed by atoms with E-state index in [1.807, 2.05) is 0 Å². The maximum Gasteiger partial charge on any atom is 0.115 e. The van der Waals surface area contributed by atoms with Crippen LogP contribution in [0.4, 0.5) is 0 Å². The summed E-state index contributed by atoms with van der Waals surface area (Å²) in [5, 5.41) is 37.1. The third-order valence-corrected chi connectivity index (χ3v) is 5.76. The van der Waals surface area contributed by atoms with Crippen LogP contribution in [0.15, 0.2) is 106 Å². The Kier molecular flexibility index (Phi) is 9.57. The summed E-state index contributed by atoms with van der Waals surface area (Å²) in [5.41, 5.74) is 4.46. The molecule has 4 N–H and O–H groups in total. The minimum atomic E-state index is 0.131. The number of rotatable bonds is 4. The van der Waals surface area contributed by atoms with Gasteiger partial charge in [0.2, 0.25) is 0 Å². The van der Waals surface area contributed by atoms with Crippen molar-refractivity contribution in [1.29, 1.82) is 0 Å². The summed E-state index contributed by atoms with van der Waals surface area (Å²) >= 11 is 23.6. The van der Waals surface area contributed by atoms with Gasteiger partial charge in [0.15, 0.2) is 0 Å². The van der Waals surface area contributed by atoms with Gasteiger partial charge in [0, 0.05) is 11.1 Å². The van der Waals surface area contributed by atoms with Gasteiger partial charge in [0.1, 0.15) is 32.0 Å². The molecule has 4 aromatic carbocycles. The van der Waals surface area contributed by atoms with Crippen LogP contribution in [-0.4, -0.2) is 20.4 Å². The van der Waals surface area contributed by atoms with Crippen molar-refractivity contribution >= 4 is 57.5 Å². The normalized spacial score (nSPS) is 10.1. The van der Waals surface area contributed by atoms with Crippen LogP contribution in [0.25, 0.3) is 11.1 Å². The molecule has 4 aromatic rings. The van der Waals surface area contributed by atoms with E-state index in [2.05, 4.69) is 0 Å². The Morgan fingerprint density at radius 3 is 0.639 bits per heavy atom. The van der Waals surface area contributed by atoms with E-state index in [4.69, 9.17) is 46.4 Å². The Labute approximate surface area is 228 Å². The van der Waals surface area contributed by atoms with Crippen molar-refractivity contribution in [2.24, 2.45) is 0 Å². The second-order valence-corrected chi connectivity index (χ2v) is 9.36. The predicted molar refractivity (Wildman–Crippen MR) is 148 cm³/mol. The largest absolute Gasteiger partial charge is 0.508 e. The number of halogens is 4. The molecule has 0 radical (unpaired) electrons. The summed E-state index contributed by atoms with van der Waals surface area (Å²) in [4.78, 5) is 0. The molecule has 4 rings (SSSR count). The van der Waals surface area contributed by atoms with Gasteiger partial charge in [-0.3, -0.25) is 0 Å². The van der Waals surface area contributed by atoms with Gasteiger partial charge in [0.25, 0.3) is 0 Å². The van der Waals surface area contributed by atoms with Crippen molar-refractivity contribution in [3.05, 3.63) is 128 Å². The molecular weight excluding hydrogens is 542 g/mol. The molecule has 0 bridgehead atoms. The van der Waals surface area contributed by atoms with Crippen LogP contribution in [0, 0.1) is 0 Å². The first-order chi connectivity index (χ1) is 17.2. The Bertz CT molecular complexity index is 1150. The molecule has 0 saturated carbocycles. The standard InChI is InChI=1S/2C14H10Cl2O2/c2*15-14(16)13(9-1-5-11(17)6-2-9)10-3-7-12(18)8-4-10/h2*1-8,17-18H. The van der Waals surface area contributed by atoms with Crippen molar-refractivity contribution in [3.8, 4) is 23.0 Å². The van der Waals surface area contributed by atoms with Crippen LogP contribution in [-0.2, 0) is 0 Å². The van der Waals surface area contributed by atoms with Crippen molar-refractivity contribution < 1.29 is 20.4 Å². The Hall–Kier alpha value is -3.28. The Morgan fingerprint density at radius 2 is 0.500 bits per heavy atom. The first-order valence-corrected chi connectivity index (χ1v) is 11.9. The lowest BCUT2D eigenvalue weighted by atomic mass is 9.99. The number of benzene rings is 4. The molecule has 0 unspecified atom stereocenters. The molecule has 4 nitrogen and oxygen atoms in total. The van der Waals surface area contributed by atoms with Crippen LogP contribution >= 0.6 is 46.4 Å². The number of aromatic hydroxyl groups is 4. The first kappa shape index (κ1) is 27.3. The highest BCUT2D eigenvalue weighted by molar-refractivity contribution is 6.59. The van der Waals surface area contributed by atoms with Gasteiger partial charge in [-0.05, 0) is 70.8 Å². The highest BCUT2D eigenvalue weighted by atomic mass is 35.5. The molecule has 8 heteroatoms. The lowest BCUT2D eigenvalue weighted by Crippen LogP contribution is -1.88. The van der Waals surface area contributed by atoms with Crippen molar-refractivity contribution in [2.75, 3.05) is 0 Å². The minimum absolute atomic E-state index is 0.131. The van der Waals surface area contributed by atoms with Gasteiger partial charge in [-0.15, -0.1) is 0 Å². The van der Waals surface area contributed by atoms with Gasteiger partial charge in [-0.2, -0.15) is 0 Å². The van der Waals surface area contributed by atoms with E-state index in [0.29, 0.717) is 11.1 Å². The van der Waals surface area contributed by atoms with Crippen LogP contribution in [0.2, 0.25) is 0 Å². The lowest BCUT2D eigenvalue weighted by Gasteiger charge is -2.09. The summed E-state index contributed by atoms with van der Waals surface area (Å²) in [6.45, 7) is 0. The summed E-state index contributed by atoms with van der Waals surface area (Å²) in [5.74, 6) is 0.702. The van der Waals surface area contributed by atoms with Crippen LogP contribution in [0.5, 0.6) is 23.0 Å². The molecule has 0 fully saturated rings. The van der Waals surface area contributed by atoms with E-state index >= 15 is 0 Å². The quantitative estimate of drug-likeness (QED) is 0.201. The molecule has 36 heavy (non-hydrogen) atoms. The van der Waals surface area contributed by atoms with Gasteiger partial charge in [-0.1, -0.05) is 94.9 Å². The average Bonchev–Trinajstić information content (AvgIpc) is 2.84. The molecule has 0 aliphatic heterocycles. The summed E-state index contributed by atoms with van der Waals surface area (Å²) in [6, 6.07) is 26.3. The zero-order valence-corrected chi connectivity index (χ0v) is 21.6. The summed E-state index contributed by atoms with van der Waals surface area (Å²) < 4.78 is 0.262. The molecule has 184 valence electrons. The highest BCUT2D eigenvalue weighted by Crippen LogP contribution is 2.33. The second-order valence-electron chi connectivity index (χ2n) is 7.46. The SMILES string of the molecule is Oc1ccc(C(=C(Cl)Cl)c2ccc(O)cc2)cc1.Oc1ccc(C(=C(Cl)Cl)c2ccc(O)cc2)cc1. The fraction of sp³-hybridized carbons (Fsp3) is 0. The van der Waals surface area contributed by atoms with Gasteiger partial charge < -0.3 is 20.4 Å². The highest BCUT2D eigenvalue weighted by Gasteiger charge is 2.11. The number of hydrogen-bond donors (Lipinski definition) is 4. The molecule has 0 spiro atoms. The monoisotopic (exact) mass is 560 g/mol. The van der Waals surface area contributed by atoms with Crippen LogP contribution < -0.4 is 0 Å². The fourth-order valence-corrected chi connectivity index (χ4v) is 4.16.